The van der Waals surface area contributed by atoms with Crippen molar-refractivity contribution in [2.75, 3.05) is 27.2 Å². The van der Waals surface area contributed by atoms with Crippen LogP contribution >= 0.6 is 0 Å². The zero-order chi connectivity index (χ0) is 17.4. The Morgan fingerprint density at radius 2 is 2.00 bits per heavy atom. The van der Waals surface area contributed by atoms with Crippen LogP contribution in [0.4, 0.5) is 0 Å². The second-order valence-electron chi connectivity index (χ2n) is 7.41. The predicted molar refractivity (Wildman–Crippen MR) is 88.7 cm³/mol. The molecule has 7 nitrogen and oxygen atoms in total. The highest BCUT2D eigenvalue weighted by molar-refractivity contribution is 5.85. The van der Waals surface area contributed by atoms with Crippen molar-refractivity contribution in [1.82, 2.24) is 19.8 Å². The first-order chi connectivity index (χ1) is 11.4. The van der Waals surface area contributed by atoms with Gasteiger partial charge in [0.15, 0.2) is 0 Å². The van der Waals surface area contributed by atoms with Crippen LogP contribution in [0.15, 0.2) is 18.6 Å². The second kappa shape index (κ2) is 6.12. The van der Waals surface area contributed by atoms with Crippen molar-refractivity contribution >= 4 is 11.8 Å². The fraction of sp³-hybridized carbons (Fsp3) is 0.647. The van der Waals surface area contributed by atoms with Gasteiger partial charge in [-0.1, -0.05) is 0 Å². The van der Waals surface area contributed by atoms with Gasteiger partial charge in [0.1, 0.15) is 0 Å². The molecule has 24 heavy (non-hydrogen) atoms. The molecule has 2 aliphatic rings. The number of carbonyl (C=O) groups is 2. The Kier molecular flexibility index (Phi) is 4.29. The molecule has 2 fully saturated rings. The molecule has 1 aromatic heterocycles. The van der Waals surface area contributed by atoms with E-state index in [1.54, 1.807) is 17.3 Å². The summed E-state index contributed by atoms with van der Waals surface area (Å²) in [6.07, 6.45) is 9.51. The van der Waals surface area contributed by atoms with Gasteiger partial charge in [0, 0.05) is 25.4 Å². The third-order valence-corrected chi connectivity index (χ3v) is 5.79. The first kappa shape index (κ1) is 16.8. The SMILES string of the molecule is CN(C)C1(c2cnccn2)CCC2(CC1)CC(=O)N(CC(N)=O)C2. The molecule has 1 aromatic rings. The standard InChI is InChI=1S/C17H25N5O2/c1-21(2)17(13-10-19-7-8-20-13)5-3-16(4-6-17)9-15(24)22(12-16)11-14(18)23/h7-8,10H,3-6,9,11-12H2,1-2H3,(H2,18,23). The number of rotatable bonds is 4. The summed E-state index contributed by atoms with van der Waals surface area (Å²) in [6, 6.07) is 0. The number of hydrogen-bond acceptors (Lipinski definition) is 5. The van der Waals surface area contributed by atoms with Gasteiger partial charge in [-0.05, 0) is 45.2 Å². The minimum atomic E-state index is -0.446. The van der Waals surface area contributed by atoms with Crippen molar-refractivity contribution in [1.29, 1.82) is 0 Å². The van der Waals surface area contributed by atoms with Gasteiger partial charge in [0.05, 0.1) is 24.0 Å². The number of likely N-dealkylation sites (tertiary alicyclic amines) is 1. The fourth-order valence-electron chi connectivity index (χ4n) is 4.31. The van der Waals surface area contributed by atoms with Gasteiger partial charge in [-0.15, -0.1) is 0 Å². The molecule has 1 aliphatic heterocycles. The van der Waals surface area contributed by atoms with Gasteiger partial charge in [0.2, 0.25) is 11.8 Å². The van der Waals surface area contributed by atoms with Crippen molar-refractivity contribution in [2.45, 2.75) is 37.6 Å². The van der Waals surface area contributed by atoms with Crippen molar-refractivity contribution in [3.63, 3.8) is 0 Å². The predicted octanol–water partition coefficient (Wildman–Crippen LogP) is 0.512. The van der Waals surface area contributed by atoms with Crippen LogP contribution in [-0.2, 0) is 15.1 Å². The van der Waals surface area contributed by atoms with E-state index in [-0.39, 0.29) is 23.4 Å². The first-order valence-electron chi connectivity index (χ1n) is 8.37. The van der Waals surface area contributed by atoms with Gasteiger partial charge in [-0.3, -0.25) is 24.5 Å². The molecular weight excluding hydrogens is 306 g/mol. The Balaban J connectivity index is 1.77. The van der Waals surface area contributed by atoms with Crippen LogP contribution in [0.25, 0.3) is 0 Å². The number of nitrogens with zero attached hydrogens (tertiary/aromatic N) is 4. The Bertz CT molecular complexity index is 623. The monoisotopic (exact) mass is 331 g/mol. The number of hydrogen-bond donors (Lipinski definition) is 1. The molecule has 1 aliphatic carbocycles. The van der Waals surface area contributed by atoms with Gasteiger partial charge in [-0.25, -0.2) is 0 Å². The molecule has 1 spiro atoms. The van der Waals surface area contributed by atoms with Crippen LogP contribution in [0.2, 0.25) is 0 Å². The third-order valence-electron chi connectivity index (χ3n) is 5.79. The highest BCUT2D eigenvalue weighted by Gasteiger charge is 2.50. The number of nitrogens with two attached hydrogens (primary N) is 1. The lowest BCUT2D eigenvalue weighted by Crippen LogP contribution is -2.48. The van der Waals surface area contributed by atoms with E-state index in [0.29, 0.717) is 13.0 Å². The molecule has 0 unspecified atom stereocenters. The molecular formula is C17H25N5O2. The molecule has 7 heteroatoms. The quantitative estimate of drug-likeness (QED) is 0.868. The largest absolute Gasteiger partial charge is 0.368 e. The highest BCUT2D eigenvalue weighted by Crippen LogP contribution is 2.51. The van der Waals surface area contributed by atoms with E-state index in [1.807, 2.05) is 6.20 Å². The highest BCUT2D eigenvalue weighted by atomic mass is 16.2. The van der Waals surface area contributed by atoms with E-state index in [2.05, 4.69) is 29.0 Å². The summed E-state index contributed by atoms with van der Waals surface area (Å²) >= 11 is 0. The summed E-state index contributed by atoms with van der Waals surface area (Å²) in [4.78, 5) is 36.0. The maximum atomic E-state index is 12.2. The van der Waals surface area contributed by atoms with Crippen molar-refractivity contribution in [2.24, 2.45) is 11.1 Å². The minimum Gasteiger partial charge on any atom is -0.368 e. The second-order valence-corrected chi connectivity index (χ2v) is 7.41. The molecule has 2 amide bonds. The van der Waals surface area contributed by atoms with Crippen LogP contribution in [-0.4, -0.2) is 58.8 Å². The summed E-state index contributed by atoms with van der Waals surface area (Å²) < 4.78 is 0. The third kappa shape index (κ3) is 2.88. The average Bonchev–Trinajstić information content (AvgIpc) is 2.84. The molecule has 2 heterocycles. The van der Waals surface area contributed by atoms with Crippen molar-refractivity contribution < 1.29 is 9.59 Å². The fourth-order valence-corrected chi connectivity index (χ4v) is 4.31. The summed E-state index contributed by atoms with van der Waals surface area (Å²) in [5.41, 5.74) is 6.07. The summed E-state index contributed by atoms with van der Waals surface area (Å²) in [5.74, 6) is -0.399. The lowest BCUT2D eigenvalue weighted by molar-refractivity contribution is -0.132. The number of aromatic nitrogens is 2. The van der Waals surface area contributed by atoms with Gasteiger partial charge in [-0.2, -0.15) is 0 Å². The normalized spacial score (nSPS) is 30.3. The number of carbonyl (C=O) groups excluding carboxylic acids is 2. The zero-order valence-electron chi connectivity index (χ0n) is 14.4. The van der Waals surface area contributed by atoms with Crippen molar-refractivity contribution in [3.8, 4) is 0 Å². The van der Waals surface area contributed by atoms with E-state index in [0.717, 1.165) is 31.4 Å². The van der Waals surface area contributed by atoms with E-state index in [4.69, 9.17) is 5.73 Å². The Labute approximate surface area is 142 Å². The summed E-state index contributed by atoms with van der Waals surface area (Å²) in [6.45, 7) is 0.669. The first-order valence-corrected chi connectivity index (χ1v) is 8.37. The Morgan fingerprint density at radius 1 is 1.29 bits per heavy atom. The van der Waals surface area contributed by atoms with Gasteiger partial charge >= 0.3 is 0 Å². The zero-order valence-corrected chi connectivity index (χ0v) is 14.4. The number of primary amides is 1. The van der Waals surface area contributed by atoms with Crippen LogP contribution in [0.3, 0.4) is 0 Å². The molecule has 0 aromatic carbocycles. The molecule has 0 radical (unpaired) electrons. The maximum Gasteiger partial charge on any atom is 0.237 e. The molecule has 130 valence electrons. The Morgan fingerprint density at radius 3 is 2.54 bits per heavy atom. The van der Waals surface area contributed by atoms with E-state index < -0.39 is 5.91 Å². The van der Waals surface area contributed by atoms with Crippen LogP contribution in [0.5, 0.6) is 0 Å². The number of amides is 2. The smallest absolute Gasteiger partial charge is 0.237 e. The minimum absolute atomic E-state index is 0.0313. The van der Waals surface area contributed by atoms with E-state index >= 15 is 0 Å². The van der Waals surface area contributed by atoms with E-state index in [1.165, 1.54) is 0 Å². The van der Waals surface area contributed by atoms with Crippen LogP contribution in [0.1, 0.15) is 37.8 Å². The van der Waals surface area contributed by atoms with Crippen LogP contribution in [0, 0.1) is 5.41 Å². The molecule has 1 saturated heterocycles. The van der Waals surface area contributed by atoms with Gasteiger partial charge < -0.3 is 10.6 Å². The molecule has 3 rings (SSSR count). The lowest BCUT2D eigenvalue weighted by Gasteiger charge is -2.47. The molecule has 2 N–H and O–H groups in total. The molecule has 0 atom stereocenters. The summed E-state index contributed by atoms with van der Waals surface area (Å²) in [7, 11) is 4.15. The molecule has 1 saturated carbocycles. The van der Waals surface area contributed by atoms with E-state index in [9.17, 15) is 9.59 Å². The average molecular weight is 331 g/mol. The lowest BCUT2D eigenvalue weighted by atomic mass is 9.65. The van der Waals surface area contributed by atoms with Gasteiger partial charge in [0.25, 0.3) is 0 Å². The molecule has 0 bridgehead atoms. The summed E-state index contributed by atoms with van der Waals surface area (Å²) in [5, 5.41) is 0. The topological polar surface area (TPSA) is 92.4 Å². The Hall–Kier alpha value is -2.02. The van der Waals surface area contributed by atoms with Crippen molar-refractivity contribution in [3.05, 3.63) is 24.3 Å². The maximum absolute atomic E-state index is 12.2. The van der Waals surface area contributed by atoms with Crippen LogP contribution < -0.4 is 5.73 Å².